The molecule has 0 aliphatic carbocycles. The normalized spacial score (nSPS) is 10.8. The van der Waals surface area contributed by atoms with Gasteiger partial charge in [-0.1, -0.05) is 18.2 Å². The summed E-state index contributed by atoms with van der Waals surface area (Å²) in [4.78, 5) is 11.8. The van der Waals surface area contributed by atoms with E-state index in [4.69, 9.17) is 0 Å². The molecule has 0 aliphatic heterocycles. The molecular formula is C12H9N3O. The zero-order valence-corrected chi connectivity index (χ0v) is 8.42. The number of nitrogens with zero attached hydrogens (tertiary/aromatic N) is 2. The predicted molar refractivity (Wildman–Crippen MR) is 61.7 cm³/mol. The van der Waals surface area contributed by atoms with Crippen LogP contribution >= 0.6 is 0 Å². The van der Waals surface area contributed by atoms with Gasteiger partial charge in [0.25, 0.3) is 5.56 Å². The Bertz CT molecular complexity index is 683. The topological polar surface area (TPSA) is 50.7 Å². The highest BCUT2D eigenvalue weighted by atomic mass is 16.1. The monoisotopic (exact) mass is 211 g/mol. The van der Waals surface area contributed by atoms with Gasteiger partial charge in [-0.25, -0.2) is 0 Å². The van der Waals surface area contributed by atoms with Crippen LogP contribution in [-0.4, -0.2) is 14.8 Å². The Morgan fingerprint density at radius 2 is 1.94 bits per heavy atom. The highest BCUT2D eigenvalue weighted by molar-refractivity contribution is 5.80. The van der Waals surface area contributed by atoms with Gasteiger partial charge in [-0.3, -0.25) is 14.5 Å². The average Bonchev–Trinajstić information content (AvgIpc) is 2.82. The van der Waals surface area contributed by atoms with E-state index in [0.717, 1.165) is 10.9 Å². The molecule has 2 heterocycles. The minimum absolute atomic E-state index is 0.0780. The van der Waals surface area contributed by atoms with Gasteiger partial charge in [-0.05, 0) is 17.5 Å². The number of aromatic nitrogens is 3. The molecule has 3 aromatic rings. The van der Waals surface area contributed by atoms with Crippen LogP contribution in [0.4, 0.5) is 0 Å². The first-order chi connectivity index (χ1) is 7.86. The summed E-state index contributed by atoms with van der Waals surface area (Å²) in [5.41, 5.74) is 0.785. The molecule has 0 saturated heterocycles. The highest BCUT2D eigenvalue weighted by Gasteiger charge is 2.05. The lowest BCUT2D eigenvalue weighted by Crippen LogP contribution is -2.17. The maximum absolute atomic E-state index is 11.8. The van der Waals surface area contributed by atoms with Crippen LogP contribution < -0.4 is 5.56 Å². The zero-order valence-electron chi connectivity index (χ0n) is 8.42. The van der Waals surface area contributed by atoms with Gasteiger partial charge in [0.05, 0.1) is 5.52 Å². The Kier molecular flexibility index (Phi) is 1.86. The third-order valence-electron chi connectivity index (χ3n) is 2.52. The van der Waals surface area contributed by atoms with Gasteiger partial charge in [-0.2, -0.15) is 5.10 Å². The Labute approximate surface area is 91.2 Å². The van der Waals surface area contributed by atoms with Gasteiger partial charge >= 0.3 is 0 Å². The van der Waals surface area contributed by atoms with Crippen LogP contribution in [0.15, 0.2) is 53.5 Å². The third kappa shape index (κ3) is 1.24. The number of benzene rings is 1. The number of pyridine rings is 1. The molecule has 78 valence electrons. The largest absolute Gasteiger partial charge is 0.284 e. The molecule has 0 aliphatic rings. The molecule has 0 radical (unpaired) electrons. The van der Waals surface area contributed by atoms with Crippen LogP contribution in [0.1, 0.15) is 0 Å². The molecule has 3 rings (SSSR count). The van der Waals surface area contributed by atoms with Gasteiger partial charge in [0.2, 0.25) is 0 Å². The van der Waals surface area contributed by atoms with Crippen molar-refractivity contribution in [3.63, 3.8) is 0 Å². The van der Waals surface area contributed by atoms with Crippen LogP contribution in [0.25, 0.3) is 16.7 Å². The number of nitrogens with one attached hydrogen (secondary N) is 1. The minimum Gasteiger partial charge on any atom is -0.284 e. The van der Waals surface area contributed by atoms with Gasteiger partial charge in [0, 0.05) is 18.3 Å². The third-order valence-corrected chi connectivity index (χ3v) is 2.52. The Balaban J connectivity index is 2.47. The van der Waals surface area contributed by atoms with Crippen molar-refractivity contribution >= 4 is 10.9 Å². The fraction of sp³-hybridized carbons (Fsp3) is 0. The van der Waals surface area contributed by atoms with Crippen LogP contribution in [0.5, 0.6) is 0 Å². The van der Waals surface area contributed by atoms with Gasteiger partial charge in [-0.15, -0.1) is 0 Å². The van der Waals surface area contributed by atoms with Gasteiger partial charge in [0.1, 0.15) is 0 Å². The van der Waals surface area contributed by atoms with Crippen LogP contribution in [0.3, 0.4) is 0 Å². The quantitative estimate of drug-likeness (QED) is 0.666. The molecule has 4 heteroatoms. The number of hydrogen-bond acceptors (Lipinski definition) is 2. The lowest BCUT2D eigenvalue weighted by molar-refractivity contribution is 0.950. The van der Waals surface area contributed by atoms with E-state index in [2.05, 4.69) is 10.2 Å². The fourth-order valence-corrected chi connectivity index (χ4v) is 1.80. The van der Waals surface area contributed by atoms with Crippen LogP contribution in [-0.2, 0) is 0 Å². The summed E-state index contributed by atoms with van der Waals surface area (Å²) in [6.45, 7) is 0. The van der Waals surface area contributed by atoms with Crippen LogP contribution in [0, 0.1) is 0 Å². The summed E-state index contributed by atoms with van der Waals surface area (Å²) in [5.74, 6) is 0.613. The summed E-state index contributed by atoms with van der Waals surface area (Å²) >= 11 is 0. The average molecular weight is 211 g/mol. The lowest BCUT2D eigenvalue weighted by Gasteiger charge is -2.05. The number of rotatable bonds is 1. The van der Waals surface area contributed by atoms with Crippen molar-refractivity contribution in [1.29, 1.82) is 0 Å². The molecule has 1 N–H and O–H groups in total. The number of fused-ring (bicyclic) bond motifs is 1. The van der Waals surface area contributed by atoms with Crippen molar-refractivity contribution in [2.45, 2.75) is 0 Å². The second-order valence-electron chi connectivity index (χ2n) is 3.50. The minimum atomic E-state index is -0.0780. The first kappa shape index (κ1) is 8.91. The van der Waals surface area contributed by atoms with Gasteiger partial charge in [0.15, 0.2) is 5.82 Å². The Morgan fingerprint density at radius 3 is 2.75 bits per heavy atom. The van der Waals surface area contributed by atoms with Crippen molar-refractivity contribution in [2.24, 2.45) is 0 Å². The van der Waals surface area contributed by atoms with Crippen molar-refractivity contribution in [3.05, 3.63) is 59.0 Å². The highest BCUT2D eigenvalue weighted by Crippen LogP contribution is 2.13. The molecule has 0 fully saturated rings. The summed E-state index contributed by atoms with van der Waals surface area (Å²) in [5, 5.41) is 7.76. The molecule has 0 saturated carbocycles. The smallest absolute Gasteiger partial charge is 0.256 e. The molecule has 0 atom stereocenters. The van der Waals surface area contributed by atoms with Crippen LogP contribution in [0.2, 0.25) is 0 Å². The first-order valence-electron chi connectivity index (χ1n) is 4.97. The van der Waals surface area contributed by atoms with Crippen molar-refractivity contribution in [3.8, 4) is 5.82 Å². The molecule has 4 nitrogen and oxygen atoms in total. The second-order valence-corrected chi connectivity index (χ2v) is 3.50. The van der Waals surface area contributed by atoms with E-state index in [1.165, 1.54) is 0 Å². The fourth-order valence-electron chi connectivity index (χ4n) is 1.80. The first-order valence-corrected chi connectivity index (χ1v) is 4.97. The Morgan fingerprint density at radius 1 is 1.06 bits per heavy atom. The number of aromatic amines is 1. The summed E-state index contributed by atoms with van der Waals surface area (Å²) < 4.78 is 1.59. The summed E-state index contributed by atoms with van der Waals surface area (Å²) in [6, 6.07) is 12.9. The molecule has 0 unspecified atom stereocenters. The Hall–Kier alpha value is -2.36. The lowest BCUT2D eigenvalue weighted by atomic mass is 10.2. The molecule has 16 heavy (non-hydrogen) atoms. The molecule has 0 bridgehead atoms. The van der Waals surface area contributed by atoms with Gasteiger partial charge < -0.3 is 0 Å². The van der Waals surface area contributed by atoms with E-state index in [9.17, 15) is 4.79 Å². The maximum Gasteiger partial charge on any atom is 0.256 e. The van der Waals surface area contributed by atoms with E-state index < -0.39 is 0 Å². The van der Waals surface area contributed by atoms with E-state index in [-0.39, 0.29) is 5.56 Å². The molecule has 0 amide bonds. The molecule has 2 aromatic heterocycles. The van der Waals surface area contributed by atoms with Crippen molar-refractivity contribution in [1.82, 2.24) is 14.8 Å². The SMILES string of the molecule is O=c1ccc2ccccc2n1-c1cc[nH]n1. The number of hydrogen-bond donors (Lipinski definition) is 1. The number of para-hydroxylation sites is 1. The van der Waals surface area contributed by atoms with Crippen molar-refractivity contribution < 1.29 is 0 Å². The summed E-state index contributed by atoms with van der Waals surface area (Å²) in [6.07, 6.45) is 1.70. The van der Waals surface area contributed by atoms with E-state index in [0.29, 0.717) is 5.82 Å². The zero-order chi connectivity index (χ0) is 11.0. The van der Waals surface area contributed by atoms with E-state index in [1.807, 2.05) is 30.3 Å². The van der Waals surface area contributed by atoms with E-state index in [1.54, 1.807) is 22.9 Å². The predicted octanol–water partition coefficient (Wildman–Crippen LogP) is 1.71. The molecular weight excluding hydrogens is 202 g/mol. The second kappa shape index (κ2) is 3.34. The number of H-pyrrole nitrogens is 1. The van der Waals surface area contributed by atoms with E-state index >= 15 is 0 Å². The molecule has 1 aromatic carbocycles. The summed E-state index contributed by atoms with van der Waals surface area (Å²) in [7, 11) is 0. The maximum atomic E-state index is 11.8. The standard InChI is InChI=1S/C12H9N3O/c16-12-6-5-9-3-1-2-4-10(9)15(12)11-7-8-13-14-11/h1-8H,(H,13,14). The van der Waals surface area contributed by atoms with Crippen molar-refractivity contribution in [2.75, 3.05) is 0 Å². The molecule has 0 spiro atoms.